The quantitative estimate of drug-likeness (QED) is 0.633. The largest absolute Gasteiger partial charge is 0.435 e. The normalized spacial score (nSPS) is 18.6. The molecule has 2 heterocycles. The number of nitrogens with one attached hydrogen (secondary N) is 1. The van der Waals surface area contributed by atoms with E-state index in [0.29, 0.717) is 16.8 Å². The van der Waals surface area contributed by atoms with Gasteiger partial charge in [-0.2, -0.15) is 23.5 Å². The van der Waals surface area contributed by atoms with Crippen molar-refractivity contribution in [1.29, 1.82) is 5.26 Å². The van der Waals surface area contributed by atoms with E-state index < -0.39 is 18.2 Å². The molecule has 0 saturated carbocycles. The Bertz CT molecular complexity index is 1160. The predicted octanol–water partition coefficient (Wildman–Crippen LogP) is 4.10. The summed E-state index contributed by atoms with van der Waals surface area (Å²) >= 11 is 5.99. The number of alkyl halides is 3. The van der Waals surface area contributed by atoms with E-state index >= 15 is 0 Å². The highest BCUT2D eigenvalue weighted by molar-refractivity contribution is 6.30. The number of hydrogen-bond donors (Lipinski definition) is 1. The molecule has 1 unspecified atom stereocenters. The maximum Gasteiger partial charge on any atom is 0.435 e. The lowest BCUT2D eigenvalue weighted by Crippen LogP contribution is -2.42. The van der Waals surface area contributed by atoms with Gasteiger partial charge in [-0.05, 0) is 47.8 Å². The molecule has 1 aromatic heterocycles. The van der Waals surface area contributed by atoms with Gasteiger partial charge in [0.05, 0.1) is 5.71 Å². The third-order valence-electron chi connectivity index (χ3n) is 4.86. The van der Waals surface area contributed by atoms with Gasteiger partial charge >= 0.3 is 12.5 Å². The zero-order chi connectivity index (χ0) is 21.5. The first-order chi connectivity index (χ1) is 14.2. The Balaban J connectivity index is 1.74. The van der Waals surface area contributed by atoms with Crippen molar-refractivity contribution in [3.05, 3.63) is 76.3 Å². The molecule has 2 aromatic carbocycles. The van der Waals surface area contributed by atoms with E-state index in [0.717, 1.165) is 0 Å². The number of halogens is 4. The van der Waals surface area contributed by atoms with E-state index in [4.69, 9.17) is 16.4 Å². The Labute approximate surface area is 174 Å². The molecule has 0 fully saturated rings. The third kappa shape index (κ3) is 3.29. The van der Waals surface area contributed by atoms with Gasteiger partial charge in [0, 0.05) is 22.6 Å². The van der Waals surface area contributed by atoms with Crippen molar-refractivity contribution in [3.8, 4) is 11.8 Å². The topological polar surface area (TPSA) is 77.9 Å². The summed E-state index contributed by atoms with van der Waals surface area (Å²) in [6.07, 6.45) is -2.37. The molecular formula is C20H14ClF3N5O+. The number of nitrogens with zero attached hydrogens (tertiary/aromatic N) is 4. The molecule has 30 heavy (non-hydrogen) atoms. The van der Waals surface area contributed by atoms with E-state index in [1.807, 2.05) is 6.07 Å². The van der Waals surface area contributed by atoms with Gasteiger partial charge in [-0.15, -0.1) is 4.68 Å². The molecule has 0 radical (unpaired) electrons. The van der Waals surface area contributed by atoms with Gasteiger partial charge in [-0.1, -0.05) is 22.8 Å². The molecule has 0 saturated heterocycles. The summed E-state index contributed by atoms with van der Waals surface area (Å²) in [4.78, 5) is 8.93. The summed E-state index contributed by atoms with van der Waals surface area (Å²) in [5, 5.41) is 16.2. The fourth-order valence-electron chi connectivity index (χ4n) is 3.40. The summed E-state index contributed by atoms with van der Waals surface area (Å²) in [6.45, 7) is 1.65. The lowest BCUT2D eigenvalue weighted by molar-refractivity contribution is -0.656. The van der Waals surface area contributed by atoms with E-state index in [1.165, 1.54) is 35.5 Å². The highest BCUT2D eigenvalue weighted by Crippen LogP contribution is 2.49. The number of hydrogen-bond acceptors (Lipinski definition) is 4. The molecule has 0 aliphatic carbocycles. The molecule has 3 aromatic rings. The van der Waals surface area contributed by atoms with Crippen molar-refractivity contribution in [2.24, 2.45) is 5.16 Å². The Kier molecular flexibility index (Phi) is 4.74. The molecule has 1 atom stereocenters. The average Bonchev–Trinajstić information content (AvgIpc) is 3.37. The SMILES string of the molecule is Cc1cc(Cl)cc(C2(C(F)(F)F)CC(c3ccc(-[n+]4cnc[nH]4)c(C#N)c3)=NO2)c1. The summed E-state index contributed by atoms with van der Waals surface area (Å²) in [5.41, 5.74) is -1.00. The molecule has 6 nitrogen and oxygen atoms in total. The summed E-state index contributed by atoms with van der Waals surface area (Å²) < 4.78 is 43.9. The number of aromatic nitrogens is 3. The highest BCUT2D eigenvalue weighted by Gasteiger charge is 2.62. The van der Waals surface area contributed by atoms with Gasteiger partial charge in [0.1, 0.15) is 11.6 Å². The minimum absolute atomic E-state index is 0.0858. The van der Waals surface area contributed by atoms with E-state index in [9.17, 15) is 18.4 Å². The molecule has 0 amide bonds. The van der Waals surface area contributed by atoms with Crippen LogP contribution in [0.5, 0.6) is 0 Å². The van der Waals surface area contributed by atoms with Crippen molar-refractivity contribution in [2.75, 3.05) is 0 Å². The van der Waals surface area contributed by atoms with Crippen LogP contribution in [0.25, 0.3) is 5.69 Å². The van der Waals surface area contributed by atoms with Crippen molar-refractivity contribution < 1.29 is 22.7 Å². The van der Waals surface area contributed by atoms with Crippen LogP contribution >= 0.6 is 11.6 Å². The van der Waals surface area contributed by atoms with Crippen LogP contribution < -0.4 is 4.68 Å². The summed E-state index contributed by atoms with van der Waals surface area (Å²) in [5.74, 6) is 0. The van der Waals surface area contributed by atoms with Gasteiger partial charge in [-0.25, -0.2) is 0 Å². The van der Waals surface area contributed by atoms with Crippen molar-refractivity contribution in [2.45, 2.75) is 25.1 Å². The van der Waals surface area contributed by atoms with Crippen LogP contribution in [0.1, 0.15) is 28.7 Å². The standard InChI is InChI=1S/C20H13ClF3N5O/c1-12-4-15(7-16(21)5-12)19(20(22,23)24)8-17(28-30-19)13-2-3-18(14(6-13)9-25)29-11-26-10-27-29/h2-7,10-11H,8H2,1H3/p+1. The van der Waals surface area contributed by atoms with Gasteiger partial charge < -0.3 is 4.84 Å². The lowest BCUT2D eigenvalue weighted by Gasteiger charge is -2.29. The minimum atomic E-state index is -4.74. The number of nitriles is 1. The van der Waals surface area contributed by atoms with Gasteiger partial charge in [0.2, 0.25) is 6.33 Å². The predicted molar refractivity (Wildman–Crippen MR) is 101 cm³/mol. The third-order valence-corrected chi connectivity index (χ3v) is 5.08. The molecule has 0 spiro atoms. The Morgan fingerprint density at radius 1 is 1.27 bits per heavy atom. The molecule has 1 aliphatic rings. The maximum atomic E-state index is 14.1. The first-order valence-corrected chi connectivity index (χ1v) is 9.16. The molecule has 10 heteroatoms. The first-order valence-electron chi connectivity index (χ1n) is 8.78. The number of oxime groups is 1. The number of benzene rings is 2. The molecular weight excluding hydrogens is 419 g/mol. The fraction of sp³-hybridized carbons (Fsp3) is 0.200. The molecule has 1 aliphatic heterocycles. The first kappa shape index (κ1) is 19.9. The Morgan fingerprint density at radius 2 is 2.07 bits per heavy atom. The van der Waals surface area contributed by atoms with Gasteiger partial charge in [-0.3, -0.25) is 0 Å². The Hall–Kier alpha value is -3.38. The molecule has 1 N–H and O–H groups in total. The fourth-order valence-corrected chi connectivity index (χ4v) is 3.69. The van der Waals surface area contributed by atoms with Crippen LogP contribution in [0.15, 0.2) is 54.2 Å². The van der Waals surface area contributed by atoms with Gasteiger partial charge in [0.15, 0.2) is 5.69 Å². The highest BCUT2D eigenvalue weighted by atomic mass is 35.5. The zero-order valence-corrected chi connectivity index (χ0v) is 16.3. The van der Waals surface area contributed by atoms with E-state index in [-0.39, 0.29) is 21.9 Å². The number of H-pyrrole nitrogens is 1. The van der Waals surface area contributed by atoms with Gasteiger partial charge in [0.25, 0.3) is 5.60 Å². The monoisotopic (exact) mass is 432 g/mol. The van der Waals surface area contributed by atoms with Crippen molar-refractivity contribution in [3.63, 3.8) is 0 Å². The van der Waals surface area contributed by atoms with Crippen LogP contribution in [0.3, 0.4) is 0 Å². The summed E-state index contributed by atoms with van der Waals surface area (Å²) in [7, 11) is 0. The van der Waals surface area contributed by atoms with Crippen LogP contribution in [-0.4, -0.2) is 22.0 Å². The minimum Gasteiger partial charge on any atom is -0.374 e. The van der Waals surface area contributed by atoms with Crippen molar-refractivity contribution >= 4 is 17.3 Å². The number of aromatic amines is 1. The van der Waals surface area contributed by atoms with Crippen LogP contribution in [-0.2, 0) is 10.4 Å². The van der Waals surface area contributed by atoms with E-state index in [1.54, 1.807) is 25.1 Å². The van der Waals surface area contributed by atoms with E-state index in [2.05, 4.69) is 15.2 Å². The van der Waals surface area contributed by atoms with Crippen LogP contribution in [0.2, 0.25) is 5.02 Å². The number of aryl methyl sites for hydroxylation is 1. The van der Waals surface area contributed by atoms with Crippen LogP contribution in [0, 0.1) is 18.3 Å². The number of rotatable bonds is 3. The second-order valence-electron chi connectivity index (χ2n) is 6.88. The molecule has 4 rings (SSSR count). The maximum absolute atomic E-state index is 14.1. The molecule has 0 bridgehead atoms. The Morgan fingerprint density at radius 3 is 2.70 bits per heavy atom. The second-order valence-corrected chi connectivity index (χ2v) is 7.32. The zero-order valence-electron chi connectivity index (χ0n) is 15.5. The second kappa shape index (κ2) is 7.15. The van der Waals surface area contributed by atoms with Crippen molar-refractivity contribution in [1.82, 2.24) is 10.1 Å². The molecule has 152 valence electrons. The summed E-state index contributed by atoms with van der Waals surface area (Å²) in [6, 6.07) is 10.9. The van der Waals surface area contributed by atoms with Crippen LogP contribution in [0.4, 0.5) is 13.2 Å². The lowest BCUT2D eigenvalue weighted by atomic mass is 9.85. The average molecular weight is 433 g/mol. The smallest absolute Gasteiger partial charge is 0.374 e.